The fourth-order valence-electron chi connectivity index (χ4n) is 3.36. The lowest BCUT2D eigenvalue weighted by Crippen LogP contribution is -2.34. The van der Waals surface area contributed by atoms with Crippen LogP contribution in [0.2, 0.25) is 0 Å². The van der Waals surface area contributed by atoms with Crippen LogP contribution in [0, 0.1) is 0 Å². The highest BCUT2D eigenvalue weighted by atomic mass is 79.9. The lowest BCUT2D eigenvalue weighted by atomic mass is 10.1. The second kappa shape index (κ2) is 7.52. The summed E-state index contributed by atoms with van der Waals surface area (Å²) in [4.78, 5) is 13.8. The first-order chi connectivity index (χ1) is 12.7. The molecule has 0 aliphatic carbocycles. The molecule has 0 radical (unpaired) electrons. The average molecular weight is 453 g/mol. The topological polar surface area (TPSA) is 75.7 Å². The summed E-state index contributed by atoms with van der Waals surface area (Å²) in [5.41, 5.74) is 1.71. The highest BCUT2D eigenvalue weighted by Crippen LogP contribution is 2.40. The Hall–Kier alpha value is -2.06. The first-order valence-corrected chi connectivity index (χ1v) is 10.9. The van der Waals surface area contributed by atoms with Gasteiger partial charge in [0, 0.05) is 23.1 Å². The van der Waals surface area contributed by atoms with E-state index in [1.54, 1.807) is 29.2 Å². The Morgan fingerprint density at radius 3 is 2.56 bits per heavy atom. The standard InChI is InChI=1S/C19H21BrN2O4S/c1-4-26-17-7-5-16(6-8-17)21-27(24,25)18-11-15(20)10-14-9-12(2)22(13(3)23)19(14)18/h5-8,10-12,21H,4,9H2,1-3H3. The number of hydrogen-bond acceptors (Lipinski definition) is 4. The maximum atomic E-state index is 13.1. The van der Waals surface area contributed by atoms with Gasteiger partial charge in [0.25, 0.3) is 10.0 Å². The summed E-state index contributed by atoms with van der Waals surface area (Å²) in [5, 5.41) is 0. The van der Waals surface area contributed by atoms with Crippen molar-refractivity contribution in [1.82, 2.24) is 0 Å². The van der Waals surface area contributed by atoms with Crippen LogP contribution in [0.1, 0.15) is 26.3 Å². The molecule has 1 N–H and O–H groups in total. The summed E-state index contributed by atoms with van der Waals surface area (Å²) in [6.45, 7) is 5.77. The van der Waals surface area contributed by atoms with Gasteiger partial charge in [0.2, 0.25) is 5.91 Å². The van der Waals surface area contributed by atoms with Crippen molar-refractivity contribution in [1.29, 1.82) is 0 Å². The molecule has 1 atom stereocenters. The lowest BCUT2D eigenvalue weighted by molar-refractivity contribution is -0.116. The highest BCUT2D eigenvalue weighted by Gasteiger charge is 2.35. The van der Waals surface area contributed by atoms with Crippen molar-refractivity contribution in [2.75, 3.05) is 16.2 Å². The van der Waals surface area contributed by atoms with Crippen LogP contribution in [-0.2, 0) is 21.2 Å². The van der Waals surface area contributed by atoms with Gasteiger partial charge in [-0.3, -0.25) is 9.52 Å². The predicted octanol–water partition coefficient (Wildman–Crippen LogP) is 3.95. The number of rotatable bonds is 5. The normalized spacial score (nSPS) is 16.1. The molecule has 1 aliphatic rings. The first kappa shape index (κ1) is 19.7. The van der Waals surface area contributed by atoms with E-state index < -0.39 is 10.0 Å². The SMILES string of the molecule is CCOc1ccc(NS(=O)(=O)c2cc(Br)cc3c2N(C(C)=O)C(C)C3)cc1. The van der Waals surface area contributed by atoms with Gasteiger partial charge in [0.15, 0.2) is 0 Å². The summed E-state index contributed by atoms with van der Waals surface area (Å²) in [7, 11) is -3.89. The number of anilines is 2. The molecule has 2 aromatic carbocycles. The van der Waals surface area contributed by atoms with Gasteiger partial charge in [-0.15, -0.1) is 0 Å². The van der Waals surface area contributed by atoms with E-state index in [9.17, 15) is 13.2 Å². The van der Waals surface area contributed by atoms with Gasteiger partial charge in [-0.25, -0.2) is 8.42 Å². The number of nitrogens with zero attached hydrogens (tertiary/aromatic N) is 1. The minimum atomic E-state index is -3.89. The Kier molecular flexibility index (Phi) is 5.48. The van der Waals surface area contributed by atoms with Crippen molar-refractivity contribution >= 4 is 43.2 Å². The summed E-state index contributed by atoms with van der Waals surface area (Å²) in [6, 6.07) is 10.0. The molecule has 1 unspecified atom stereocenters. The van der Waals surface area contributed by atoms with E-state index in [-0.39, 0.29) is 16.8 Å². The molecule has 2 aromatic rings. The summed E-state index contributed by atoms with van der Waals surface area (Å²) >= 11 is 3.39. The summed E-state index contributed by atoms with van der Waals surface area (Å²) < 4.78 is 34.8. The van der Waals surface area contributed by atoms with E-state index >= 15 is 0 Å². The van der Waals surface area contributed by atoms with Crippen LogP contribution in [0.25, 0.3) is 0 Å². The molecular weight excluding hydrogens is 432 g/mol. The molecule has 1 aliphatic heterocycles. The number of sulfonamides is 1. The van der Waals surface area contributed by atoms with Crippen LogP contribution < -0.4 is 14.4 Å². The number of carbonyl (C=O) groups is 1. The largest absolute Gasteiger partial charge is 0.494 e. The van der Waals surface area contributed by atoms with Crippen LogP contribution in [0.4, 0.5) is 11.4 Å². The molecule has 6 nitrogen and oxygen atoms in total. The zero-order valence-electron chi connectivity index (χ0n) is 15.3. The van der Waals surface area contributed by atoms with Crippen LogP contribution in [-0.4, -0.2) is 27.0 Å². The van der Waals surface area contributed by atoms with E-state index in [1.165, 1.54) is 13.0 Å². The van der Waals surface area contributed by atoms with Crippen molar-refractivity contribution < 1.29 is 17.9 Å². The van der Waals surface area contributed by atoms with Gasteiger partial charge in [-0.2, -0.15) is 0 Å². The number of benzene rings is 2. The minimum Gasteiger partial charge on any atom is -0.494 e. The fourth-order valence-corrected chi connectivity index (χ4v) is 5.34. The van der Waals surface area contributed by atoms with E-state index in [0.717, 1.165) is 5.56 Å². The fraction of sp³-hybridized carbons (Fsp3) is 0.316. The Morgan fingerprint density at radius 1 is 1.30 bits per heavy atom. The number of nitrogens with one attached hydrogen (secondary N) is 1. The molecule has 144 valence electrons. The van der Waals surface area contributed by atoms with Gasteiger partial charge >= 0.3 is 0 Å². The zero-order valence-corrected chi connectivity index (χ0v) is 17.7. The third-order valence-electron chi connectivity index (χ3n) is 4.36. The van der Waals surface area contributed by atoms with E-state index in [4.69, 9.17) is 4.74 Å². The molecule has 0 fully saturated rings. The Balaban J connectivity index is 2.01. The lowest BCUT2D eigenvalue weighted by Gasteiger charge is -2.23. The minimum absolute atomic E-state index is 0.0836. The van der Waals surface area contributed by atoms with Crippen LogP contribution in [0.5, 0.6) is 5.75 Å². The Bertz CT molecular complexity index is 974. The summed E-state index contributed by atoms with van der Waals surface area (Å²) in [6.07, 6.45) is 0.611. The highest BCUT2D eigenvalue weighted by molar-refractivity contribution is 9.10. The second-order valence-corrected chi connectivity index (χ2v) is 8.98. The molecule has 0 spiro atoms. The van der Waals surface area contributed by atoms with Crippen LogP contribution in [0.3, 0.4) is 0 Å². The number of ether oxygens (including phenoxy) is 1. The molecule has 1 amide bonds. The predicted molar refractivity (Wildman–Crippen MR) is 109 cm³/mol. The molecule has 0 saturated carbocycles. The number of carbonyl (C=O) groups excluding carboxylic acids is 1. The van der Waals surface area contributed by atoms with Crippen molar-refractivity contribution in [2.45, 2.75) is 38.1 Å². The Labute approximate surface area is 167 Å². The second-order valence-electron chi connectivity index (χ2n) is 6.42. The van der Waals surface area contributed by atoms with Gasteiger partial charge < -0.3 is 9.64 Å². The molecule has 0 saturated heterocycles. The maximum Gasteiger partial charge on any atom is 0.264 e. The quantitative estimate of drug-likeness (QED) is 0.744. The first-order valence-electron chi connectivity index (χ1n) is 8.61. The number of amides is 1. The third-order valence-corrected chi connectivity index (χ3v) is 6.21. The monoisotopic (exact) mass is 452 g/mol. The molecule has 27 heavy (non-hydrogen) atoms. The van der Waals surface area contributed by atoms with Crippen LogP contribution >= 0.6 is 15.9 Å². The van der Waals surface area contributed by atoms with Gasteiger partial charge in [0.05, 0.1) is 12.3 Å². The molecule has 0 bridgehead atoms. The average Bonchev–Trinajstić information content (AvgIpc) is 2.91. The van der Waals surface area contributed by atoms with E-state index in [2.05, 4.69) is 20.7 Å². The van der Waals surface area contributed by atoms with E-state index in [0.29, 0.717) is 34.6 Å². The van der Waals surface area contributed by atoms with Gasteiger partial charge in [0.1, 0.15) is 10.6 Å². The van der Waals surface area contributed by atoms with Gasteiger partial charge in [-0.05, 0) is 62.2 Å². The molecule has 1 heterocycles. The van der Waals surface area contributed by atoms with Crippen molar-refractivity contribution in [3.05, 3.63) is 46.4 Å². The Morgan fingerprint density at radius 2 is 1.96 bits per heavy atom. The molecule has 3 rings (SSSR count). The van der Waals surface area contributed by atoms with Crippen LogP contribution in [0.15, 0.2) is 45.8 Å². The number of halogens is 1. The smallest absolute Gasteiger partial charge is 0.264 e. The summed E-state index contributed by atoms with van der Waals surface area (Å²) in [5.74, 6) is 0.487. The maximum absolute atomic E-state index is 13.1. The molecular formula is C19H21BrN2O4S. The number of fused-ring (bicyclic) bond motifs is 1. The third kappa shape index (κ3) is 3.96. The zero-order chi connectivity index (χ0) is 19.8. The van der Waals surface area contributed by atoms with Crippen molar-refractivity contribution in [3.8, 4) is 5.75 Å². The van der Waals surface area contributed by atoms with Gasteiger partial charge in [-0.1, -0.05) is 15.9 Å². The number of hydrogen-bond donors (Lipinski definition) is 1. The van der Waals surface area contributed by atoms with Crippen molar-refractivity contribution in [2.24, 2.45) is 0 Å². The molecule has 0 aromatic heterocycles. The van der Waals surface area contributed by atoms with E-state index in [1.807, 2.05) is 19.9 Å². The van der Waals surface area contributed by atoms with Crippen molar-refractivity contribution in [3.63, 3.8) is 0 Å². The molecule has 8 heteroatoms.